The molecule has 1 heterocycles. The van der Waals surface area contributed by atoms with Crippen LogP contribution in [0.3, 0.4) is 0 Å². The largest absolute Gasteiger partial charge is 0.446 e. The second kappa shape index (κ2) is 11.6. The molecule has 12 nitrogen and oxygen atoms in total. The van der Waals surface area contributed by atoms with E-state index in [4.69, 9.17) is 26.0 Å². The summed E-state index contributed by atoms with van der Waals surface area (Å²) < 4.78 is 51.1. The molecule has 0 saturated heterocycles. The summed E-state index contributed by atoms with van der Waals surface area (Å²) in [6, 6.07) is 6.20. The van der Waals surface area contributed by atoms with Gasteiger partial charge in [-0.1, -0.05) is 23.7 Å². The van der Waals surface area contributed by atoms with Crippen LogP contribution in [0.4, 0.5) is 18.9 Å². The van der Waals surface area contributed by atoms with Crippen LogP contribution in [-0.4, -0.2) is 33.7 Å². The smallest absolute Gasteiger partial charge is 0.431 e. The fraction of sp³-hybridized carbons (Fsp3) is 0.261. The number of carbonyl (C=O) groups is 1. The van der Waals surface area contributed by atoms with Gasteiger partial charge in [0.05, 0.1) is 22.2 Å². The molecule has 0 amide bonds. The first-order valence-electron chi connectivity index (χ1n) is 10.8. The van der Waals surface area contributed by atoms with E-state index in [0.717, 1.165) is 26.1 Å². The highest BCUT2D eigenvalue weighted by Crippen LogP contribution is 2.42. The zero-order chi connectivity index (χ0) is 29.1. The third kappa shape index (κ3) is 6.38. The molecule has 16 heteroatoms. The number of halogens is 4. The standard InChI is InChI=1S/C23H19ClF3N3O9/c1-12(31)38-39-17-6-4-5-13(7-8-36-3)21(17)37-18-10-15(14(24)9-16(18)30(34)35)29-20(32)11-19(23(25,26)27)28(2)22(29)33/h4-6,9-11H,7-8H2,1-3H3. The molecule has 0 aliphatic carbocycles. The Hall–Kier alpha value is -4.37. The molecule has 39 heavy (non-hydrogen) atoms. The summed E-state index contributed by atoms with van der Waals surface area (Å²) in [6.45, 7) is 1.24. The number of nitro groups is 1. The highest BCUT2D eigenvalue weighted by Gasteiger charge is 2.35. The summed E-state index contributed by atoms with van der Waals surface area (Å²) >= 11 is 6.14. The molecule has 208 valence electrons. The van der Waals surface area contributed by atoms with Crippen molar-refractivity contribution in [3.8, 4) is 22.9 Å². The maximum absolute atomic E-state index is 13.3. The van der Waals surface area contributed by atoms with Crippen molar-refractivity contribution in [2.75, 3.05) is 13.7 Å². The van der Waals surface area contributed by atoms with Gasteiger partial charge in [0.2, 0.25) is 11.5 Å². The highest BCUT2D eigenvalue weighted by molar-refractivity contribution is 6.32. The predicted octanol–water partition coefficient (Wildman–Crippen LogP) is 3.95. The second-order valence-electron chi connectivity index (χ2n) is 7.82. The maximum atomic E-state index is 13.3. The first-order valence-corrected chi connectivity index (χ1v) is 11.2. The molecule has 0 bridgehead atoms. The van der Waals surface area contributed by atoms with E-state index < -0.39 is 56.2 Å². The Morgan fingerprint density at radius 1 is 1.15 bits per heavy atom. The van der Waals surface area contributed by atoms with Gasteiger partial charge < -0.3 is 9.47 Å². The summed E-state index contributed by atoms with van der Waals surface area (Å²) in [5, 5.41) is 11.3. The second-order valence-corrected chi connectivity index (χ2v) is 8.23. The normalized spacial score (nSPS) is 11.3. The van der Waals surface area contributed by atoms with Crippen molar-refractivity contribution >= 4 is 23.3 Å². The molecular weight excluding hydrogens is 555 g/mol. The molecule has 1 aromatic heterocycles. The molecule has 0 unspecified atom stereocenters. The van der Waals surface area contributed by atoms with Gasteiger partial charge in [0.15, 0.2) is 5.75 Å². The van der Waals surface area contributed by atoms with Crippen LogP contribution < -0.4 is 20.9 Å². The van der Waals surface area contributed by atoms with E-state index in [1.807, 2.05) is 0 Å². The van der Waals surface area contributed by atoms with Crippen LogP contribution in [0.15, 0.2) is 46.0 Å². The quantitative estimate of drug-likeness (QED) is 0.211. The van der Waals surface area contributed by atoms with Gasteiger partial charge >= 0.3 is 23.5 Å². The molecule has 2 aromatic carbocycles. The third-order valence-electron chi connectivity index (χ3n) is 5.17. The molecule has 3 rings (SSSR count). The molecule has 0 atom stereocenters. The first-order chi connectivity index (χ1) is 18.3. The van der Waals surface area contributed by atoms with Crippen molar-refractivity contribution in [3.05, 3.63) is 83.6 Å². The van der Waals surface area contributed by atoms with Gasteiger partial charge in [0.1, 0.15) is 5.69 Å². The lowest BCUT2D eigenvalue weighted by atomic mass is 10.1. The lowest BCUT2D eigenvalue weighted by Gasteiger charge is -2.17. The minimum absolute atomic E-state index is 0.153. The molecule has 0 fully saturated rings. The van der Waals surface area contributed by atoms with Crippen molar-refractivity contribution < 1.29 is 42.1 Å². The number of aromatic nitrogens is 2. The van der Waals surface area contributed by atoms with E-state index in [-0.39, 0.29) is 35.2 Å². The highest BCUT2D eigenvalue weighted by atomic mass is 35.5. The fourth-order valence-electron chi connectivity index (χ4n) is 3.41. The van der Waals surface area contributed by atoms with Gasteiger partial charge in [0, 0.05) is 44.8 Å². The van der Waals surface area contributed by atoms with E-state index in [1.165, 1.54) is 19.2 Å². The minimum atomic E-state index is -5.01. The van der Waals surface area contributed by atoms with Crippen LogP contribution in [0, 0.1) is 10.1 Å². The number of carbonyl (C=O) groups excluding carboxylic acids is 1. The number of para-hydroxylation sites is 1. The molecule has 0 N–H and O–H groups in total. The number of benzene rings is 2. The Bertz CT molecular complexity index is 1550. The monoisotopic (exact) mass is 573 g/mol. The lowest BCUT2D eigenvalue weighted by Crippen LogP contribution is -2.40. The molecular formula is C23H19ClF3N3O9. The number of rotatable bonds is 9. The van der Waals surface area contributed by atoms with Gasteiger partial charge in [-0.3, -0.25) is 29.3 Å². The number of nitro benzene ring substituents is 1. The average molecular weight is 574 g/mol. The van der Waals surface area contributed by atoms with Crippen molar-refractivity contribution in [2.24, 2.45) is 7.05 Å². The van der Waals surface area contributed by atoms with Crippen LogP contribution in [0.5, 0.6) is 17.2 Å². The van der Waals surface area contributed by atoms with E-state index in [1.54, 1.807) is 6.07 Å². The van der Waals surface area contributed by atoms with Crippen LogP contribution in [-0.2, 0) is 34.1 Å². The number of hydrogen-bond donors (Lipinski definition) is 0. The van der Waals surface area contributed by atoms with Crippen molar-refractivity contribution in [3.63, 3.8) is 0 Å². The summed E-state index contributed by atoms with van der Waals surface area (Å²) in [4.78, 5) is 57.1. The summed E-state index contributed by atoms with van der Waals surface area (Å²) in [5.74, 6) is -1.71. The molecule has 3 aromatic rings. The zero-order valence-electron chi connectivity index (χ0n) is 20.4. The average Bonchev–Trinajstić information content (AvgIpc) is 2.85. The fourth-order valence-corrected chi connectivity index (χ4v) is 3.65. The Labute approximate surface area is 221 Å². The van der Waals surface area contributed by atoms with E-state index in [9.17, 15) is 37.7 Å². The summed E-state index contributed by atoms with van der Waals surface area (Å²) in [6.07, 6.45) is -4.81. The van der Waals surface area contributed by atoms with Gasteiger partial charge in [0.25, 0.3) is 5.56 Å². The molecule has 0 radical (unpaired) electrons. The first kappa shape index (κ1) is 29.2. The topological polar surface area (TPSA) is 141 Å². The summed E-state index contributed by atoms with van der Waals surface area (Å²) in [7, 11) is 2.22. The Balaban J connectivity index is 2.26. The third-order valence-corrected chi connectivity index (χ3v) is 5.48. The van der Waals surface area contributed by atoms with Crippen molar-refractivity contribution in [1.82, 2.24) is 9.13 Å². The van der Waals surface area contributed by atoms with E-state index >= 15 is 0 Å². The minimum Gasteiger partial charge on any atom is -0.446 e. The van der Waals surface area contributed by atoms with Gasteiger partial charge in [-0.25, -0.2) is 14.2 Å². The number of hydrogen-bond acceptors (Lipinski definition) is 9. The van der Waals surface area contributed by atoms with Crippen LogP contribution in [0.1, 0.15) is 18.2 Å². The van der Waals surface area contributed by atoms with E-state index in [0.29, 0.717) is 10.1 Å². The Morgan fingerprint density at radius 3 is 2.44 bits per heavy atom. The van der Waals surface area contributed by atoms with E-state index in [2.05, 4.69) is 4.89 Å². The molecule has 0 aliphatic heterocycles. The molecule has 0 saturated carbocycles. The van der Waals surface area contributed by atoms with Crippen LogP contribution in [0.25, 0.3) is 5.69 Å². The molecule has 0 aliphatic rings. The lowest BCUT2D eigenvalue weighted by molar-refractivity contribution is -0.385. The SMILES string of the molecule is COCCc1cccc(OOC(C)=O)c1Oc1cc(-n2c(=O)cc(C(F)(F)F)n(C)c2=O)c(Cl)cc1[N+](=O)[O-]. The number of ether oxygens (including phenoxy) is 2. The zero-order valence-corrected chi connectivity index (χ0v) is 21.2. The van der Waals surface area contributed by atoms with Crippen LogP contribution >= 0.6 is 11.6 Å². The summed E-state index contributed by atoms with van der Waals surface area (Å²) in [5.41, 5.74) is -5.16. The maximum Gasteiger partial charge on any atom is 0.431 e. The number of alkyl halides is 3. The molecule has 0 spiro atoms. The number of nitrogens with zero attached hydrogens (tertiary/aromatic N) is 3. The van der Waals surface area contributed by atoms with Crippen molar-refractivity contribution in [2.45, 2.75) is 19.5 Å². The van der Waals surface area contributed by atoms with Gasteiger partial charge in [-0.05, 0) is 12.5 Å². The van der Waals surface area contributed by atoms with Crippen LogP contribution in [0.2, 0.25) is 5.02 Å². The Kier molecular flexibility index (Phi) is 8.66. The predicted molar refractivity (Wildman–Crippen MR) is 128 cm³/mol. The Morgan fingerprint density at radius 2 is 1.85 bits per heavy atom. The van der Waals surface area contributed by atoms with Crippen molar-refractivity contribution in [1.29, 1.82) is 0 Å². The van der Waals surface area contributed by atoms with Gasteiger partial charge in [-0.2, -0.15) is 13.2 Å². The number of methoxy groups -OCH3 is 1. The van der Waals surface area contributed by atoms with Gasteiger partial charge in [-0.15, -0.1) is 0 Å².